The monoisotopic (exact) mass is 308 g/mol. The first kappa shape index (κ1) is 15.6. The molecule has 0 fully saturated rings. The Morgan fingerprint density at radius 1 is 1.29 bits per heavy atom. The number of aryl methyl sites for hydroxylation is 1. The molecule has 1 unspecified atom stereocenters. The van der Waals surface area contributed by atoms with Crippen LogP contribution in [0.5, 0.6) is 0 Å². The second-order valence-electron chi connectivity index (χ2n) is 4.80. The maximum atomic E-state index is 11.9. The van der Waals surface area contributed by atoms with Crippen molar-refractivity contribution in [1.29, 1.82) is 0 Å². The molecule has 5 nitrogen and oxygen atoms in total. The fraction of sp³-hybridized carbons (Fsp3) is 0.333. The van der Waals surface area contributed by atoms with Crippen molar-refractivity contribution in [3.05, 3.63) is 47.9 Å². The van der Waals surface area contributed by atoms with E-state index in [1.807, 2.05) is 26.0 Å². The fourth-order valence-electron chi connectivity index (χ4n) is 2.09. The minimum absolute atomic E-state index is 0.00578. The second-order valence-corrected chi connectivity index (χ2v) is 6.69. The van der Waals surface area contributed by atoms with E-state index in [1.165, 1.54) is 7.05 Å². The van der Waals surface area contributed by atoms with Gasteiger partial charge in [-0.05, 0) is 50.2 Å². The number of anilines is 1. The summed E-state index contributed by atoms with van der Waals surface area (Å²) in [4.78, 5) is 0.243. The normalized spacial score (nSPS) is 13.1. The molecule has 1 aromatic heterocycles. The summed E-state index contributed by atoms with van der Waals surface area (Å²) in [6.45, 7) is 3.98. The predicted molar refractivity (Wildman–Crippen MR) is 82.8 cm³/mol. The largest absolute Gasteiger partial charge is 0.467 e. The molecule has 0 saturated heterocycles. The average Bonchev–Trinajstić information content (AvgIpc) is 3.00. The van der Waals surface area contributed by atoms with Crippen molar-refractivity contribution in [2.24, 2.45) is 0 Å². The topological polar surface area (TPSA) is 71.3 Å². The molecule has 0 amide bonds. The van der Waals surface area contributed by atoms with Crippen LogP contribution in [0, 0.1) is 6.92 Å². The molecule has 0 radical (unpaired) electrons. The van der Waals surface area contributed by atoms with Gasteiger partial charge in [-0.3, -0.25) is 0 Å². The molecule has 2 N–H and O–H groups in total. The van der Waals surface area contributed by atoms with Crippen LogP contribution in [0.15, 0.2) is 45.9 Å². The van der Waals surface area contributed by atoms with Crippen LogP contribution < -0.4 is 10.0 Å². The third kappa shape index (κ3) is 3.46. The molecule has 21 heavy (non-hydrogen) atoms. The molecule has 0 spiro atoms. The number of benzene rings is 1. The Labute approximate surface area is 125 Å². The molecule has 0 aliphatic heterocycles. The van der Waals surface area contributed by atoms with Crippen LogP contribution in [-0.4, -0.2) is 15.5 Å². The number of sulfonamides is 1. The zero-order valence-corrected chi connectivity index (χ0v) is 13.2. The Hall–Kier alpha value is -1.79. The Bertz CT molecular complexity index is 694. The highest BCUT2D eigenvalue weighted by molar-refractivity contribution is 7.89. The van der Waals surface area contributed by atoms with Crippen molar-refractivity contribution < 1.29 is 12.8 Å². The minimum atomic E-state index is -3.45. The third-order valence-corrected chi connectivity index (χ3v) is 4.82. The maximum absolute atomic E-state index is 11.9. The molecule has 1 aromatic carbocycles. The van der Waals surface area contributed by atoms with Gasteiger partial charge in [0.1, 0.15) is 5.76 Å². The zero-order chi connectivity index (χ0) is 15.5. The number of rotatable bonds is 6. The molecule has 2 aromatic rings. The molecule has 0 aliphatic carbocycles. The van der Waals surface area contributed by atoms with E-state index in [2.05, 4.69) is 10.0 Å². The van der Waals surface area contributed by atoms with Crippen LogP contribution in [0.25, 0.3) is 0 Å². The molecule has 1 atom stereocenters. The van der Waals surface area contributed by atoms with Gasteiger partial charge in [-0.2, -0.15) is 0 Å². The summed E-state index contributed by atoms with van der Waals surface area (Å²) in [5, 5.41) is 3.35. The van der Waals surface area contributed by atoms with Gasteiger partial charge in [-0.1, -0.05) is 13.0 Å². The Morgan fingerprint density at radius 2 is 2.05 bits per heavy atom. The van der Waals surface area contributed by atoms with E-state index < -0.39 is 10.0 Å². The highest BCUT2D eigenvalue weighted by atomic mass is 32.2. The first-order valence-electron chi connectivity index (χ1n) is 6.82. The van der Waals surface area contributed by atoms with Gasteiger partial charge in [0, 0.05) is 5.69 Å². The lowest BCUT2D eigenvalue weighted by Crippen LogP contribution is -2.19. The Kier molecular flexibility index (Phi) is 4.69. The summed E-state index contributed by atoms with van der Waals surface area (Å²) >= 11 is 0. The van der Waals surface area contributed by atoms with Gasteiger partial charge in [-0.15, -0.1) is 0 Å². The SMILES string of the molecule is CCC(Nc1cc(S(=O)(=O)NC)ccc1C)c1ccco1. The highest BCUT2D eigenvalue weighted by Crippen LogP contribution is 2.27. The fourth-order valence-corrected chi connectivity index (χ4v) is 2.85. The van der Waals surface area contributed by atoms with Gasteiger partial charge in [0.15, 0.2) is 0 Å². The van der Waals surface area contributed by atoms with Gasteiger partial charge < -0.3 is 9.73 Å². The summed E-state index contributed by atoms with van der Waals surface area (Å²) in [6, 6.07) is 8.79. The van der Waals surface area contributed by atoms with Crippen LogP contribution in [0.3, 0.4) is 0 Å². The van der Waals surface area contributed by atoms with E-state index in [0.717, 1.165) is 23.4 Å². The standard InChI is InChI=1S/C15H20N2O3S/c1-4-13(15-6-5-9-20-15)17-14-10-12(8-7-11(14)2)21(18,19)16-3/h5-10,13,16-17H,4H2,1-3H3. The van der Waals surface area contributed by atoms with Gasteiger partial charge in [0.2, 0.25) is 10.0 Å². The quantitative estimate of drug-likeness (QED) is 0.860. The lowest BCUT2D eigenvalue weighted by molar-refractivity contribution is 0.474. The van der Waals surface area contributed by atoms with Crippen LogP contribution in [0.4, 0.5) is 5.69 Å². The zero-order valence-electron chi connectivity index (χ0n) is 12.4. The summed E-state index contributed by atoms with van der Waals surface area (Å²) in [7, 11) is -2.04. The van der Waals surface area contributed by atoms with Crippen molar-refractivity contribution >= 4 is 15.7 Å². The van der Waals surface area contributed by atoms with Crippen LogP contribution in [0.2, 0.25) is 0 Å². The first-order chi connectivity index (χ1) is 9.97. The van der Waals surface area contributed by atoms with Crippen molar-refractivity contribution in [2.45, 2.75) is 31.2 Å². The number of nitrogens with one attached hydrogen (secondary N) is 2. The summed E-state index contributed by atoms with van der Waals surface area (Å²) in [5.74, 6) is 0.832. The molecular weight excluding hydrogens is 288 g/mol. The molecule has 0 aliphatic rings. The minimum Gasteiger partial charge on any atom is -0.467 e. The Morgan fingerprint density at radius 3 is 2.62 bits per heavy atom. The van der Waals surface area contributed by atoms with Crippen LogP contribution in [-0.2, 0) is 10.0 Å². The molecular formula is C15H20N2O3S. The highest BCUT2D eigenvalue weighted by Gasteiger charge is 2.16. The maximum Gasteiger partial charge on any atom is 0.240 e. The van der Waals surface area contributed by atoms with E-state index in [-0.39, 0.29) is 10.9 Å². The molecule has 1 heterocycles. The van der Waals surface area contributed by atoms with Crippen molar-refractivity contribution in [3.63, 3.8) is 0 Å². The van der Waals surface area contributed by atoms with E-state index in [1.54, 1.807) is 24.5 Å². The summed E-state index contributed by atoms with van der Waals surface area (Å²) in [6.07, 6.45) is 2.46. The van der Waals surface area contributed by atoms with Crippen LogP contribution >= 0.6 is 0 Å². The Balaban J connectivity index is 2.33. The van der Waals surface area contributed by atoms with E-state index in [9.17, 15) is 8.42 Å². The number of hydrogen-bond acceptors (Lipinski definition) is 4. The smallest absolute Gasteiger partial charge is 0.240 e. The van der Waals surface area contributed by atoms with Gasteiger partial charge in [0.25, 0.3) is 0 Å². The second kappa shape index (κ2) is 6.32. The third-order valence-electron chi connectivity index (χ3n) is 3.41. The first-order valence-corrected chi connectivity index (χ1v) is 8.30. The molecule has 0 bridgehead atoms. The van der Waals surface area contributed by atoms with E-state index >= 15 is 0 Å². The molecule has 2 rings (SSSR count). The summed E-state index contributed by atoms with van der Waals surface area (Å²) in [5.41, 5.74) is 1.77. The van der Waals surface area contributed by atoms with Crippen molar-refractivity contribution in [3.8, 4) is 0 Å². The van der Waals surface area contributed by atoms with E-state index in [4.69, 9.17) is 4.42 Å². The molecule has 6 heteroatoms. The van der Waals surface area contributed by atoms with Crippen molar-refractivity contribution in [1.82, 2.24) is 4.72 Å². The average molecular weight is 308 g/mol. The lowest BCUT2D eigenvalue weighted by Gasteiger charge is -2.18. The number of hydrogen-bond donors (Lipinski definition) is 2. The van der Waals surface area contributed by atoms with Gasteiger partial charge in [-0.25, -0.2) is 13.1 Å². The lowest BCUT2D eigenvalue weighted by atomic mass is 10.1. The van der Waals surface area contributed by atoms with E-state index in [0.29, 0.717) is 0 Å². The molecule has 114 valence electrons. The molecule has 0 saturated carbocycles. The van der Waals surface area contributed by atoms with Gasteiger partial charge >= 0.3 is 0 Å². The number of furan rings is 1. The van der Waals surface area contributed by atoms with Gasteiger partial charge in [0.05, 0.1) is 17.2 Å². The predicted octanol–water partition coefficient (Wildman–Crippen LogP) is 3.06. The van der Waals surface area contributed by atoms with Crippen LogP contribution in [0.1, 0.15) is 30.7 Å². The van der Waals surface area contributed by atoms with Crippen molar-refractivity contribution in [2.75, 3.05) is 12.4 Å². The summed E-state index contributed by atoms with van der Waals surface area (Å²) < 4.78 is 31.5.